The monoisotopic (exact) mass is 246 g/mol. The topological polar surface area (TPSA) is 43.4 Å². The van der Waals surface area contributed by atoms with E-state index in [1.165, 1.54) is 12.1 Å². The highest BCUT2D eigenvalue weighted by atomic mass is 19.4. The smallest absolute Gasteiger partial charge is 0.389 e. The second-order valence-corrected chi connectivity index (χ2v) is 3.24. The maximum absolute atomic E-state index is 11.8. The molecule has 0 amide bonds. The molecule has 0 radical (unpaired) electrons. The number of hydrogen-bond donors (Lipinski definition) is 0. The van der Waals surface area contributed by atoms with Crippen molar-refractivity contribution >= 4 is 11.9 Å². The van der Waals surface area contributed by atoms with Gasteiger partial charge in [0.15, 0.2) is 0 Å². The van der Waals surface area contributed by atoms with Crippen LogP contribution in [-0.2, 0) is 9.53 Å². The Kier molecular flexibility index (Phi) is 4.25. The summed E-state index contributed by atoms with van der Waals surface area (Å²) in [6.45, 7) is 0. The molecular formula is C11H9F3O3. The van der Waals surface area contributed by atoms with Crippen LogP contribution in [0.15, 0.2) is 30.3 Å². The van der Waals surface area contributed by atoms with Crippen LogP contribution in [0.2, 0.25) is 0 Å². The number of carbonyl (C=O) groups excluding carboxylic acids is 2. The van der Waals surface area contributed by atoms with Crippen molar-refractivity contribution in [2.45, 2.75) is 19.0 Å². The molecule has 3 nitrogen and oxygen atoms in total. The van der Waals surface area contributed by atoms with E-state index in [9.17, 15) is 22.8 Å². The van der Waals surface area contributed by atoms with Crippen LogP contribution in [0, 0.1) is 0 Å². The molecule has 0 fully saturated rings. The minimum Gasteiger partial charge on any atom is -0.389 e. The number of hydrogen-bond acceptors (Lipinski definition) is 3. The average Bonchev–Trinajstić information content (AvgIpc) is 2.27. The van der Waals surface area contributed by atoms with Crippen molar-refractivity contribution in [1.82, 2.24) is 0 Å². The third-order valence-corrected chi connectivity index (χ3v) is 1.83. The Morgan fingerprint density at radius 2 is 1.71 bits per heavy atom. The number of halogens is 3. The molecule has 0 saturated carbocycles. The molecule has 0 aliphatic heterocycles. The highest BCUT2D eigenvalue weighted by Crippen LogP contribution is 2.21. The Balaban J connectivity index is 2.45. The first-order chi connectivity index (χ1) is 7.88. The largest absolute Gasteiger partial charge is 0.389 e. The number of rotatable bonds is 3. The van der Waals surface area contributed by atoms with Crippen molar-refractivity contribution in [3.8, 4) is 0 Å². The Bertz CT molecular complexity index is 398. The Morgan fingerprint density at radius 3 is 2.24 bits per heavy atom. The maximum Gasteiger partial charge on any atom is 0.389 e. The normalized spacial score (nSPS) is 11.0. The van der Waals surface area contributed by atoms with Gasteiger partial charge in [-0.1, -0.05) is 18.2 Å². The van der Waals surface area contributed by atoms with E-state index in [0.29, 0.717) is 0 Å². The van der Waals surface area contributed by atoms with Crippen LogP contribution in [0.5, 0.6) is 0 Å². The van der Waals surface area contributed by atoms with E-state index in [1.807, 2.05) is 0 Å². The number of ether oxygens (including phenoxy) is 1. The number of carbonyl (C=O) groups is 2. The van der Waals surface area contributed by atoms with Crippen LogP contribution in [-0.4, -0.2) is 18.1 Å². The molecule has 0 aliphatic rings. The molecule has 0 aliphatic carbocycles. The Hall–Kier alpha value is -1.85. The van der Waals surface area contributed by atoms with Gasteiger partial charge in [0.05, 0.1) is 18.4 Å². The molecule has 1 rings (SSSR count). The molecule has 1 aromatic rings. The lowest BCUT2D eigenvalue weighted by atomic mass is 10.2. The molecule has 0 heterocycles. The first-order valence-electron chi connectivity index (χ1n) is 4.75. The fourth-order valence-electron chi connectivity index (χ4n) is 1.03. The third kappa shape index (κ3) is 5.14. The summed E-state index contributed by atoms with van der Waals surface area (Å²) in [4.78, 5) is 22.2. The highest BCUT2D eigenvalue weighted by molar-refractivity contribution is 5.96. The van der Waals surface area contributed by atoms with Gasteiger partial charge in [0, 0.05) is 0 Å². The molecule has 6 heteroatoms. The van der Waals surface area contributed by atoms with Gasteiger partial charge in [-0.15, -0.1) is 0 Å². The van der Waals surface area contributed by atoms with Gasteiger partial charge >= 0.3 is 18.1 Å². The van der Waals surface area contributed by atoms with Crippen molar-refractivity contribution < 1.29 is 27.5 Å². The fourth-order valence-corrected chi connectivity index (χ4v) is 1.03. The summed E-state index contributed by atoms with van der Waals surface area (Å²) in [6.07, 6.45) is -6.59. The summed E-state index contributed by atoms with van der Waals surface area (Å²) in [5.41, 5.74) is 0.118. The third-order valence-electron chi connectivity index (χ3n) is 1.83. The van der Waals surface area contributed by atoms with Crippen molar-refractivity contribution in [3.05, 3.63) is 35.9 Å². The first-order valence-corrected chi connectivity index (χ1v) is 4.75. The zero-order chi connectivity index (χ0) is 12.9. The van der Waals surface area contributed by atoms with Gasteiger partial charge in [-0.25, -0.2) is 4.79 Å². The standard InChI is InChI=1S/C11H9F3O3/c12-11(13,14)7-6-9(15)17-10(16)8-4-2-1-3-5-8/h1-5H,6-7H2. The van der Waals surface area contributed by atoms with Gasteiger partial charge in [-0.05, 0) is 12.1 Å². The predicted octanol–water partition coefficient (Wildman–Crippen LogP) is 2.71. The van der Waals surface area contributed by atoms with Crippen LogP contribution in [0.25, 0.3) is 0 Å². The van der Waals surface area contributed by atoms with Crippen molar-refractivity contribution in [2.75, 3.05) is 0 Å². The molecule has 0 spiro atoms. The summed E-state index contributed by atoms with van der Waals surface area (Å²) >= 11 is 0. The summed E-state index contributed by atoms with van der Waals surface area (Å²) < 4.78 is 39.6. The molecule has 1 aromatic carbocycles. The number of esters is 2. The molecular weight excluding hydrogens is 237 g/mol. The molecule has 0 N–H and O–H groups in total. The van der Waals surface area contributed by atoms with Crippen molar-refractivity contribution in [1.29, 1.82) is 0 Å². The van der Waals surface area contributed by atoms with Crippen LogP contribution >= 0.6 is 0 Å². The zero-order valence-corrected chi connectivity index (χ0v) is 8.66. The lowest BCUT2D eigenvalue weighted by molar-refractivity contribution is -0.153. The minimum absolute atomic E-state index is 0.118. The van der Waals surface area contributed by atoms with E-state index in [2.05, 4.69) is 4.74 Å². The van der Waals surface area contributed by atoms with Crippen LogP contribution in [0.3, 0.4) is 0 Å². The second-order valence-electron chi connectivity index (χ2n) is 3.24. The first kappa shape index (κ1) is 13.2. The summed E-state index contributed by atoms with van der Waals surface area (Å²) in [6, 6.07) is 7.56. The van der Waals surface area contributed by atoms with Gasteiger partial charge in [0.2, 0.25) is 0 Å². The number of benzene rings is 1. The lowest BCUT2D eigenvalue weighted by Gasteiger charge is -2.05. The second kappa shape index (κ2) is 5.47. The van der Waals surface area contributed by atoms with Gasteiger partial charge in [0.25, 0.3) is 0 Å². The lowest BCUT2D eigenvalue weighted by Crippen LogP contribution is -2.16. The van der Waals surface area contributed by atoms with Crippen LogP contribution in [0.1, 0.15) is 23.2 Å². The average molecular weight is 246 g/mol. The summed E-state index contributed by atoms with van der Waals surface area (Å²) in [5, 5.41) is 0. The maximum atomic E-state index is 11.8. The molecule has 92 valence electrons. The number of alkyl halides is 3. The van der Waals surface area contributed by atoms with Crippen molar-refractivity contribution in [2.24, 2.45) is 0 Å². The summed E-state index contributed by atoms with van der Waals surface area (Å²) in [7, 11) is 0. The molecule has 0 aromatic heterocycles. The molecule has 0 bridgehead atoms. The molecule has 0 atom stereocenters. The van der Waals surface area contributed by atoms with E-state index in [0.717, 1.165) is 0 Å². The Labute approximate surface area is 95.2 Å². The van der Waals surface area contributed by atoms with Crippen molar-refractivity contribution in [3.63, 3.8) is 0 Å². The van der Waals surface area contributed by atoms with E-state index < -0.39 is 31.0 Å². The molecule has 17 heavy (non-hydrogen) atoms. The van der Waals surface area contributed by atoms with Crippen LogP contribution in [0.4, 0.5) is 13.2 Å². The quantitative estimate of drug-likeness (QED) is 0.608. The van der Waals surface area contributed by atoms with E-state index in [-0.39, 0.29) is 5.56 Å². The van der Waals surface area contributed by atoms with Gasteiger partial charge < -0.3 is 4.74 Å². The fraction of sp³-hybridized carbons (Fsp3) is 0.273. The van der Waals surface area contributed by atoms with Gasteiger partial charge in [-0.2, -0.15) is 13.2 Å². The predicted molar refractivity (Wildman–Crippen MR) is 52.2 cm³/mol. The highest BCUT2D eigenvalue weighted by Gasteiger charge is 2.28. The van der Waals surface area contributed by atoms with E-state index in [1.54, 1.807) is 18.2 Å². The van der Waals surface area contributed by atoms with Gasteiger partial charge in [0.1, 0.15) is 0 Å². The van der Waals surface area contributed by atoms with E-state index in [4.69, 9.17) is 0 Å². The van der Waals surface area contributed by atoms with Gasteiger partial charge in [-0.3, -0.25) is 4.79 Å². The minimum atomic E-state index is -4.44. The molecule has 0 unspecified atom stereocenters. The van der Waals surface area contributed by atoms with Crippen LogP contribution < -0.4 is 0 Å². The SMILES string of the molecule is O=C(CCC(F)(F)F)OC(=O)c1ccccc1. The summed E-state index contributed by atoms with van der Waals surface area (Å²) in [5.74, 6) is -2.13. The zero-order valence-electron chi connectivity index (χ0n) is 8.66. The Morgan fingerprint density at radius 1 is 1.12 bits per heavy atom. The van der Waals surface area contributed by atoms with E-state index >= 15 is 0 Å². The molecule has 0 saturated heterocycles.